The Balaban J connectivity index is 0.000000181. The molecule has 0 atom stereocenters. The van der Waals surface area contributed by atoms with Crippen LogP contribution in [-0.4, -0.2) is 42.0 Å². The maximum Gasteiger partial charge on any atom is 0.222 e. The van der Waals surface area contributed by atoms with Gasteiger partial charge in [-0.3, -0.25) is 9.78 Å². The number of nitrogens with zero attached hydrogens (tertiary/aromatic N) is 2. The van der Waals surface area contributed by atoms with Crippen molar-refractivity contribution in [2.75, 3.05) is 26.2 Å². The number of piperazine rings is 1. The largest absolute Gasteiger partial charge is 0.340 e. The van der Waals surface area contributed by atoms with Crippen LogP contribution in [0.15, 0.2) is 24.5 Å². The van der Waals surface area contributed by atoms with E-state index in [1.165, 1.54) is 5.56 Å². The molecule has 0 radical (unpaired) electrons. The van der Waals surface area contributed by atoms with Crippen molar-refractivity contribution >= 4 is 5.91 Å². The van der Waals surface area contributed by atoms with Gasteiger partial charge >= 0.3 is 0 Å². The number of aryl methyl sites for hydroxylation is 1. The van der Waals surface area contributed by atoms with E-state index >= 15 is 0 Å². The molecule has 1 fully saturated rings. The monoisotopic (exact) mass is 235 g/mol. The topological polar surface area (TPSA) is 45.2 Å². The van der Waals surface area contributed by atoms with Gasteiger partial charge in [-0.25, -0.2) is 0 Å². The zero-order chi connectivity index (χ0) is 12.5. The molecule has 2 heterocycles. The number of pyridine rings is 1. The van der Waals surface area contributed by atoms with Crippen molar-refractivity contribution in [2.24, 2.45) is 0 Å². The van der Waals surface area contributed by atoms with Crippen LogP contribution >= 0.6 is 0 Å². The van der Waals surface area contributed by atoms with Gasteiger partial charge in [0.15, 0.2) is 0 Å². The van der Waals surface area contributed by atoms with Gasteiger partial charge in [-0.05, 0) is 18.6 Å². The van der Waals surface area contributed by atoms with Gasteiger partial charge in [0.05, 0.1) is 0 Å². The van der Waals surface area contributed by atoms with Gasteiger partial charge in [0.1, 0.15) is 0 Å². The van der Waals surface area contributed by atoms with Gasteiger partial charge in [0.2, 0.25) is 5.91 Å². The molecule has 17 heavy (non-hydrogen) atoms. The molecule has 4 nitrogen and oxygen atoms in total. The average Bonchev–Trinajstić information content (AvgIpc) is 2.40. The van der Waals surface area contributed by atoms with Gasteiger partial charge in [-0.15, -0.1) is 0 Å². The van der Waals surface area contributed by atoms with Gasteiger partial charge in [0, 0.05) is 45.0 Å². The van der Waals surface area contributed by atoms with Crippen LogP contribution in [0.25, 0.3) is 0 Å². The van der Waals surface area contributed by atoms with E-state index in [0.717, 1.165) is 26.2 Å². The van der Waals surface area contributed by atoms with E-state index in [-0.39, 0.29) is 5.91 Å². The van der Waals surface area contributed by atoms with Crippen molar-refractivity contribution in [1.29, 1.82) is 0 Å². The fourth-order valence-electron chi connectivity index (χ4n) is 1.59. The highest BCUT2D eigenvalue weighted by molar-refractivity contribution is 5.75. The standard InChI is InChI=1S/C7H14N2O.C6H7N/c1-2-7(10)9-5-3-8-4-6-9;1-6-3-2-4-7-5-6/h8H,2-6H2,1H3;2-5H,1H3. The molecule has 1 amide bonds. The molecule has 0 bridgehead atoms. The summed E-state index contributed by atoms with van der Waals surface area (Å²) in [6.07, 6.45) is 4.24. The first kappa shape index (κ1) is 13.6. The fraction of sp³-hybridized carbons (Fsp3) is 0.538. The Morgan fingerprint density at radius 1 is 1.47 bits per heavy atom. The van der Waals surface area contributed by atoms with Gasteiger partial charge in [-0.1, -0.05) is 13.0 Å². The third-order valence-electron chi connectivity index (χ3n) is 2.58. The molecule has 1 saturated heterocycles. The second-order valence-electron chi connectivity index (χ2n) is 4.01. The highest BCUT2D eigenvalue weighted by atomic mass is 16.2. The lowest BCUT2D eigenvalue weighted by Crippen LogP contribution is -2.46. The third-order valence-corrected chi connectivity index (χ3v) is 2.58. The summed E-state index contributed by atoms with van der Waals surface area (Å²) in [7, 11) is 0. The average molecular weight is 235 g/mol. The highest BCUT2D eigenvalue weighted by Gasteiger charge is 2.12. The summed E-state index contributed by atoms with van der Waals surface area (Å²) in [6.45, 7) is 7.59. The van der Waals surface area contributed by atoms with Crippen molar-refractivity contribution in [3.63, 3.8) is 0 Å². The minimum atomic E-state index is 0.279. The zero-order valence-electron chi connectivity index (χ0n) is 10.6. The maximum absolute atomic E-state index is 11.1. The Labute approximate surface area is 103 Å². The van der Waals surface area contributed by atoms with Crippen molar-refractivity contribution in [3.8, 4) is 0 Å². The second-order valence-corrected chi connectivity index (χ2v) is 4.01. The molecule has 2 rings (SSSR count). The molecule has 1 aromatic rings. The minimum Gasteiger partial charge on any atom is -0.340 e. The molecule has 0 saturated carbocycles. The van der Waals surface area contributed by atoms with E-state index in [2.05, 4.69) is 10.3 Å². The molecule has 0 aliphatic carbocycles. The van der Waals surface area contributed by atoms with Crippen LogP contribution in [0.2, 0.25) is 0 Å². The zero-order valence-corrected chi connectivity index (χ0v) is 10.6. The van der Waals surface area contributed by atoms with Crippen LogP contribution < -0.4 is 5.32 Å². The summed E-state index contributed by atoms with van der Waals surface area (Å²) in [4.78, 5) is 16.9. The number of rotatable bonds is 1. The molecule has 0 aromatic carbocycles. The highest BCUT2D eigenvalue weighted by Crippen LogP contribution is 1.95. The van der Waals surface area contributed by atoms with Crippen molar-refractivity contribution < 1.29 is 4.79 Å². The predicted molar refractivity (Wildman–Crippen MR) is 68.7 cm³/mol. The number of carbonyl (C=O) groups excluding carboxylic acids is 1. The summed E-state index contributed by atoms with van der Waals surface area (Å²) >= 11 is 0. The van der Waals surface area contributed by atoms with E-state index in [9.17, 15) is 4.79 Å². The first-order valence-corrected chi connectivity index (χ1v) is 6.09. The van der Waals surface area contributed by atoms with Crippen molar-refractivity contribution in [1.82, 2.24) is 15.2 Å². The first-order valence-electron chi connectivity index (χ1n) is 6.09. The molecule has 1 aliphatic rings. The van der Waals surface area contributed by atoms with Gasteiger partial charge < -0.3 is 10.2 Å². The van der Waals surface area contributed by atoms with Crippen LogP contribution in [-0.2, 0) is 4.79 Å². The quantitative estimate of drug-likeness (QED) is 0.796. The van der Waals surface area contributed by atoms with E-state index in [4.69, 9.17) is 0 Å². The molecular weight excluding hydrogens is 214 g/mol. The molecule has 0 spiro atoms. The number of hydrogen-bond donors (Lipinski definition) is 1. The van der Waals surface area contributed by atoms with Gasteiger partial charge in [0.25, 0.3) is 0 Å². The SMILES string of the molecule is CCC(=O)N1CCNCC1.Cc1cccnc1. The second kappa shape index (κ2) is 7.79. The lowest BCUT2D eigenvalue weighted by Gasteiger charge is -2.26. The molecule has 0 unspecified atom stereocenters. The number of aromatic nitrogens is 1. The number of nitrogens with one attached hydrogen (secondary N) is 1. The first-order chi connectivity index (χ1) is 8.24. The lowest BCUT2D eigenvalue weighted by molar-refractivity contribution is -0.131. The summed E-state index contributed by atoms with van der Waals surface area (Å²) in [5, 5.41) is 3.20. The molecular formula is C13H21N3O. The smallest absolute Gasteiger partial charge is 0.222 e. The van der Waals surface area contributed by atoms with Crippen LogP contribution in [0.3, 0.4) is 0 Å². The minimum absolute atomic E-state index is 0.279. The summed E-state index contributed by atoms with van der Waals surface area (Å²) in [6, 6.07) is 3.95. The maximum atomic E-state index is 11.1. The summed E-state index contributed by atoms with van der Waals surface area (Å²) < 4.78 is 0. The molecule has 1 N–H and O–H groups in total. The van der Waals surface area contributed by atoms with E-state index in [1.807, 2.05) is 37.1 Å². The van der Waals surface area contributed by atoms with E-state index in [1.54, 1.807) is 6.20 Å². The summed E-state index contributed by atoms with van der Waals surface area (Å²) in [5.41, 5.74) is 1.21. The fourth-order valence-corrected chi connectivity index (χ4v) is 1.59. The number of amides is 1. The van der Waals surface area contributed by atoms with Crippen molar-refractivity contribution in [3.05, 3.63) is 30.1 Å². The number of carbonyl (C=O) groups is 1. The van der Waals surface area contributed by atoms with Gasteiger partial charge in [-0.2, -0.15) is 0 Å². The Bertz CT molecular complexity index is 321. The summed E-state index contributed by atoms with van der Waals surface area (Å²) in [5.74, 6) is 0.279. The lowest BCUT2D eigenvalue weighted by atomic mass is 10.3. The Morgan fingerprint density at radius 3 is 2.59 bits per heavy atom. The van der Waals surface area contributed by atoms with E-state index in [0.29, 0.717) is 6.42 Å². The van der Waals surface area contributed by atoms with Crippen LogP contribution in [0.5, 0.6) is 0 Å². The molecule has 4 heteroatoms. The Kier molecular flexibility index (Phi) is 6.25. The normalized spacial score (nSPS) is 14.8. The van der Waals surface area contributed by atoms with Crippen LogP contribution in [0, 0.1) is 6.92 Å². The van der Waals surface area contributed by atoms with Crippen LogP contribution in [0.1, 0.15) is 18.9 Å². The van der Waals surface area contributed by atoms with Crippen LogP contribution in [0.4, 0.5) is 0 Å². The Morgan fingerprint density at radius 2 is 2.18 bits per heavy atom. The third kappa shape index (κ3) is 5.45. The number of hydrogen-bond acceptors (Lipinski definition) is 3. The predicted octanol–water partition coefficient (Wildman–Crippen LogP) is 1.22. The molecule has 94 valence electrons. The van der Waals surface area contributed by atoms with Crippen molar-refractivity contribution in [2.45, 2.75) is 20.3 Å². The van der Waals surface area contributed by atoms with E-state index < -0.39 is 0 Å². The molecule has 1 aliphatic heterocycles. The Hall–Kier alpha value is -1.42. The molecule has 1 aromatic heterocycles.